The average molecular weight is 724 g/mol. The van der Waals surface area contributed by atoms with Gasteiger partial charge in [0.1, 0.15) is 0 Å². The molecule has 1 N–H and O–H groups in total. The number of hydrogen-bond donors (Lipinski definition) is 1. The smallest absolute Gasteiger partial charge is 0.407 e. The lowest BCUT2D eigenvalue weighted by Crippen LogP contribution is -2.52. The molecule has 4 heterocycles. The molecule has 276 valence electrons. The number of benzene rings is 4. The first-order chi connectivity index (χ1) is 26.3. The first-order valence-electron chi connectivity index (χ1n) is 18.7. The summed E-state index contributed by atoms with van der Waals surface area (Å²) in [6, 6.07) is 31.5. The van der Waals surface area contributed by atoms with E-state index in [0.29, 0.717) is 49.5 Å². The van der Waals surface area contributed by atoms with Gasteiger partial charge in [-0.25, -0.2) is 4.79 Å². The van der Waals surface area contributed by atoms with Crippen molar-refractivity contribution in [3.8, 4) is 5.69 Å². The molecule has 5 aromatic rings. The van der Waals surface area contributed by atoms with Gasteiger partial charge in [-0.3, -0.25) is 19.4 Å². The Morgan fingerprint density at radius 3 is 2.07 bits per heavy atom. The Kier molecular flexibility index (Phi) is 9.79. The number of carbonyl (C=O) groups excluding carboxylic acids is 2. The van der Waals surface area contributed by atoms with E-state index in [2.05, 4.69) is 23.1 Å². The van der Waals surface area contributed by atoms with Gasteiger partial charge in [-0.05, 0) is 90.9 Å². The molecule has 3 aliphatic rings. The normalized spacial score (nSPS) is 17.1. The number of anilines is 2. The van der Waals surface area contributed by atoms with E-state index in [1.54, 1.807) is 4.90 Å². The lowest BCUT2D eigenvalue weighted by molar-refractivity contribution is 0.0193. The van der Waals surface area contributed by atoms with Crippen LogP contribution in [0, 0.1) is 13.8 Å². The van der Waals surface area contributed by atoms with E-state index in [-0.39, 0.29) is 24.4 Å². The fourth-order valence-corrected chi connectivity index (χ4v) is 8.18. The van der Waals surface area contributed by atoms with Gasteiger partial charge >= 0.3 is 6.09 Å². The van der Waals surface area contributed by atoms with Crippen LogP contribution in [0.15, 0.2) is 103 Å². The van der Waals surface area contributed by atoms with E-state index in [1.165, 1.54) is 10.5 Å². The zero-order chi connectivity index (χ0) is 37.3. The van der Waals surface area contributed by atoms with Gasteiger partial charge in [-0.15, -0.1) is 0 Å². The summed E-state index contributed by atoms with van der Waals surface area (Å²) in [5, 5.41) is 9.89. The topological polar surface area (TPSA) is 98.6 Å². The van der Waals surface area contributed by atoms with Gasteiger partial charge in [0.25, 0.3) is 11.8 Å². The highest BCUT2D eigenvalue weighted by Crippen LogP contribution is 2.35. The zero-order valence-electron chi connectivity index (χ0n) is 30.8. The quantitative estimate of drug-likeness (QED) is 0.194. The molecule has 0 saturated carbocycles. The molecule has 1 atom stereocenters. The maximum atomic E-state index is 15.2. The number of nitrogens with zero attached hydrogens (tertiary/aromatic N) is 5. The van der Waals surface area contributed by atoms with Crippen LogP contribution >= 0.6 is 0 Å². The monoisotopic (exact) mass is 723 g/mol. The number of aromatic nitrogens is 1. The van der Waals surface area contributed by atoms with Crippen molar-refractivity contribution in [2.45, 2.75) is 45.8 Å². The molecular weight excluding hydrogens is 679 g/mol. The minimum Gasteiger partial charge on any atom is -0.465 e. The SMILES string of the molecule is Cc1c(C(=O)N(c2ccccc2)c2ccccc2)cn(-c2cc3c(cc2C(=O)N2Cc4ccccc4C[C@H]2CN2CCOCC2)CN(C(=O)O)CC3)c1C. The second-order valence-corrected chi connectivity index (χ2v) is 14.5. The fraction of sp³-hybridized carbons (Fsp3) is 0.295. The lowest BCUT2D eigenvalue weighted by atomic mass is 9.91. The number of rotatable bonds is 7. The Bertz CT molecular complexity index is 2150. The first-order valence-corrected chi connectivity index (χ1v) is 18.7. The predicted molar refractivity (Wildman–Crippen MR) is 208 cm³/mol. The van der Waals surface area contributed by atoms with E-state index in [4.69, 9.17) is 4.74 Å². The van der Waals surface area contributed by atoms with Crippen LogP contribution in [0.1, 0.15) is 54.2 Å². The summed E-state index contributed by atoms with van der Waals surface area (Å²) in [7, 11) is 0. The van der Waals surface area contributed by atoms with Gasteiger partial charge in [-0.2, -0.15) is 0 Å². The third-order valence-electron chi connectivity index (χ3n) is 11.3. The standard InChI is InChI=1S/C44H45N5O5/c1-30-31(2)47(29-40(30)43(51)49(36-13-5-3-6-14-36)37-15-7-4-8-16-37)41-25-33-17-18-46(44(52)53)26-35(33)24-39(41)42(50)48-27-34-12-10-9-11-32(34)23-38(48)28-45-19-21-54-22-20-45/h3-16,24-25,29,38H,17-23,26-28H2,1-2H3,(H,52,53)/t38-/m0/s1. The third kappa shape index (κ3) is 6.79. The van der Waals surface area contributed by atoms with Gasteiger partial charge < -0.3 is 24.2 Å². The number of ether oxygens (including phenoxy) is 1. The molecule has 0 unspecified atom stereocenters. The molecule has 3 amide bonds. The minimum absolute atomic E-state index is 0.0696. The average Bonchev–Trinajstić information content (AvgIpc) is 3.50. The lowest BCUT2D eigenvalue weighted by Gasteiger charge is -2.41. The Morgan fingerprint density at radius 1 is 0.759 bits per heavy atom. The summed E-state index contributed by atoms with van der Waals surface area (Å²) in [6.45, 7) is 8.70. The van der Waals surface area contributed by atoms with Crippen molar-refractivity contribution in [1.29, 1.82) is 0 Å². The number of hydrogen-bond acceptors (Lipinski definition) is 5. The van der Waals surface area contributed by atoms with Crippen molar-refractivity contribution in [2.24, 2.45) is 0 Å². The molecule has 0 radical (unpaired) electrons. The molecular formula is C44H45N5O5. The molecule has 8 rings (SSSR count). The molecule has 0 bridgehead atoms. The number of para-hydroxylation sites is 2. The second-order valence-electron chi connectivity index (χ2n) is 14.5. The number of carboxylic acid groups (broad SMARTS) is 1. The Morgan fingerprint density at radius 2 is 1.41 bits per heavy atom. The predicted octanol–water partition coefficient (Wildman–Crippen LogP) is 7.01. The van der Waals surface area contributed by atoms with E-state index >= 15 is 4.79 Å². The van der Waals surface area contributed by atoms with E-state index < -0.39 is 6.09 Å². The van der Waals surface area contributed by atoms with Crippen LogP contribution in [0.4, 0.5) is 16.2 Å². The summed E-state index contributed by atoms with van der Waals surface area (Å²) in [5.41, 5.74) is 9.11. The van der Waals surface area contributed by atoms with Crippen LogP contribution in [-0.4, -0.2) is 87.7 Å². The maximum absolute atomic E-state index is 15.2. The summed E-state index contributed by atoms with van der Waals surface area (Å²) in [4.78, 5) is 49.5. The number of amides is 3. The van der Waals surface area contributed by atoms with E-state index in [0.717, 1.165) is 65.4 Å². The zero-order valence-corrected chi connectivity index (χ0v) is 30.8. The molecule has 0 spiro atoms. The molecule has 0 aliphatic carbocycles. The number of fused-ring (bicyclic) bond motifs is 2. The Balaban J connectivity index is 1.23. The van der Waals surface area contributed by atoms with Crippen LogP contribution in [0.2, 0.25) is 0 Å². The Hall–Kier alpha value is -5.71. The molecule has 1 fully saturated rings. The summed E-state index contributed by atoms with van der Waals surface area (Å²) < 4.78 is 7.63. The number of carbonyl (C=O) groups is 3. The Labute approximate surface area is 315 Å². The van der Waals surface area contributed by atoms with Crippen molar-refractivity contribution >= 4 is 29.3 Å². The minimum atomic E-state index is -0.975. The molecule has 10 heteroatoms. The fourth-order valence-electron chi connectivity index (χ4n) is 8.18. The van der Waals surface area contributed by atoms with Gasteiger partial charge in [0.05, 0.1) is 30.0 Å². The second kappa shape index (κ2) is 15.0. The maximum Gasteiger partial charge on any atom is 0.407 e. The van der Waals surface area contributed by atoms with Crippen molar-refractivity contribution in [3.63, 3.8) is 0 Å². The van der Waals surface area contributed by atoms with Gasteiger partial charge in [-0.1, -0.05) is 60.7 Å². The highest BCUT2D eigenvalue weighted by Gasteiger charge is 2.35. The van der Waals surface area contributed by atoms with Gasteiger partial charge in [0, 0.05) is 68.6 Å². The first kappa shape index (κ1) is 35.3. The molecule has 1 saturated heterocycles. The van der Waals surface area contributed by atoms with E-state index in [1.807, 2.05) is 108 Å². The molecule has 4 aromatic carbocycles. The van der Waals surface area contributed by atoms with Crippen LogP contribution in [0.3, 0.4) is 0 Å². The molecule has 10 nitrogen and oxygen atoms in total. The molecule has 3 aliphatic heterocycles. The van der Waals surface area contributed by atoms with Gasteiger partial charge in [0.15, 0.2) is 0 Å². The van der Waals surface area contributed by atoms with Crippen molar-refractivity contribution in [1.82, 2.24) is 19.3 Å². The third-order valence-corrected chi connectivity index (χ3v) is 11.3. The summed E-state index contributed by atoms with van der Waals surface area (Å²) >= 11 is 0. The van der Waals surface area contributed by atoms with Crippen molar-refractivity contribution < 1.29 is 24.2 Å². The van der Waals surface area contributed by atoms with Crippen molar-refractivity contribution in [3.05, 3.63) is 148 Å². The van der Waals surface area contributed by atoms with Crippen LogP contribution in [0.25, 0.3) is 5.69 Å². The van der Waals surface area contributed by atoms with Crippen molar-refractivity contribution in [2.75, 3.05) is 44.3 Å². The van der Waals surface area contributed by atoms with Crippen LogP contribution < -0.4 is 4.90 Å². The highest BCUT2D eigenvalue weighted by atomic mass is 16.5. The summed E-state index contributed by atoms with van der Waals surface area (Å²) in [5.74, 6) is -0.283. The highest BCUT2D eigenvalue weighted by molar-refractivity contribution is 6.12. The van der Waals surface area contributed by atoms with E-state index in [9.17, 15) is 14.7 Å². The molecule has 54 heavy (non-hydrogen) atoms. The van der Waals surface area contributed by atoms with Gasteiger partial charge in [0.2, 0.25) is 0 Å². The summed E-state index contributed by atoms with van der Waals surface area (Å²) in [6.07, 6.45) is 2.16. The number of morpholine rings is 1. The van der Waals surface area contributed by atoms with Crippen LogP contribution in [0.5, 0.6) is 0 Å². The largest absolute Gasteiger partial charge is 0.465 e. The molecule has 1 aromatic heterocycles. The van der Waals surface area contributed by atoms with Crippen LogP contribution in [-0.2, 0) is 30.7 Å².